The Morgan fingerprint density at radius 3 is 2.25 bits per heavy atom. The Bertz CT molecular complexity index is 500. The van der Waals surface area contributed by atoms with Crippen molar-refractivity contribution in [1.29, 1.82) is 0 Å². The molecule has 0 saturated heterocycles. The fraction of sp³-hybridized carbons (Fsp3) is 0.308. The van der Waals surface area contributed by atoms with Crippen LogP contribution in [0.25, 0.3) is 0 Å². The maximum absolute atomic E-state index is 11.7. The van der Waals surface area contributed by atoms with E-state index in [1.165, 1.54) is 0 Å². The number of nitrogens with one attached hydrogen (secondary N) is 3. The summed E-state index contributed by atoms with van der Waals surface area (Å²) in [6.45, 7) is 3.14. The number of carbonyl (C=O) groups is 3. The van der Waals surface area contributed by atoms with Crippen molar-refractivity contribution < 1.29 is 19.5 Å². The molecule has 0 fully saturated rings. The third-order valence-electron chi connectivity index (χ3n) is 2.40. The average molecular weight is 279 g/mol. The van der Waals surface area contributed by atoms with Gasteiger partial charge >= 0.3 is 6.09 Å². The molecular formula is C13H17N3O4. The molecule has 7 heteroatoms. The molecule has 0 aliphatic rings. The summed E-state index contributed by atoms with van der Waals surface area (Å²) in [6.07, 6.45) is -1.31. The number of hydrogen-bond acceptors (Lipinski definition) is 3. The van der Waals surface area contributed by atoms with Gasteiger partial charge in [0, 0.05) is 11.1 Å². The van der Waals surface area contributed by atoms with Gasteiger partial charge in [0.25, 0.3) is 5.91 Å². The summed E-state index contributed by atoms with van der Waals surface area (Å²) >= 11 is 0. The lowest BCUT2D eigenvalue weighted by molar-refractivity contribution is -0.123. The number of hydrogen-bond donors (Lipinski definition) is 4. The highest BCUT2D eigenvalue weighted by Crippen LogP contribution is 2.07. The van der Waals surface area contributed by atoms with Crippen molar-refractivity contribution in [2.75, 3.05) is 0 Å². The fourth-order valence-corrected chi connectivity index (χ4v) is 1.57. The number of carboxylic acid groups (broad SMARTS) is 1. The van der Waals surface area contributed by atoms with Crippen molar-refractivity contribution in [3.8, 4) is 0 Å². The van der Waals surface area contributed by atoms with Gasteiger partial charge in [0.1, 0.15) is 0 Å². The fourth-order valence-electron chi connectivity index (χ4n) is 1.57. The SMILES string of the molecule is CC(C)(CC(=O)NNC(=O)c1ccccc1)NC(=O)O. The first-order chi connectivity index (χ1) is 9.30. The van der Waals surface area contributed by atoms with Crippen LogP contribution in [0.1, 0.15) is 30.6 Å². The topological polar surface area (TPSA) is 108 Å². The molecule has 108 valence electrons. The molecule has 1 rings (SSSR count). The second kappa shape index (κ2) is 6.55. The van der Waals surface area contributed by atoms with Crippen molar-refractivity contribution in [1.82, 2.24) is 16.2 Å². The van der Waals surface area contributed by atoms with Crippen LogP contribution in [0.5, 0.6) is 0 Å². The van der Waals surface area contributed by atoms with Crippen molar-refractivity contribution >= 4 is 17.9 Å². The van der Waals surface area contributed by atoms with E-state index in [4.69, 9.17) is 5.11 Å². The zero-order valence-corrected chi connectivity index (χ0v) is 11.3. The predicted octanol–water partition coefficient (Wildman–Crippen LogP) is 0.884. The molecule has 0 saturated carbocycles. The Labute approximate surface area is 116 Å². The lowest BCUT2D eigenvalue weighted by atomic mass is 10.0. The second-order valence-corrected chi connectivity index (χ2v) is 4.86. The Morgan fingerprint density at radius 1 is 1.10 bits per heavy atom. The van der Waals surface area contributed by atoms with E-state index in [1.807, 2.05) is 0 Å². The van der Waals surface area contributed by atoms with E-state index in [1.54, 1.807) is 44.2 Å². The van der Waals surface area contributed by atoms with Crippen LogP contribution in [0.15, 0.2) is 30.3 Å². The van der Waals surface area contributed by atoms with Crippen molar-refractivity contribution in [2.24, 2.45) is 0 Å². The van der Waals surface area contributed by atoms with Crippen molar-refractivity contribution in [2.45, 2.75) is 25.8 Å². The minimum absolute atomic E-state index is 0.103. The smallest absolute Gasteiger partial charge is 0.405 e. The molecule has 0 atom stereocenters. The van der Waals surface area contributed by atoms with Gasteiger partial charge in [-0.1, -0.05) is 18.2 Å². The Morgan fingerprint density at radius 2 is 1.70 bits per heavy atom. The normalized spacial score (nSPS) is 10.5. The van der Waals surface area contributed by atoms with Crippen molar-refractivity contribution in [3.63, 3.8) is 0 Å². The van der Waals surface area contributed by atoms with E-state index < -0.39 is 23.4 Å². The maximum Gasteiger partial charge on any atom is 0.405 e. The van der Waals surface area contributed by atoms with Gasteiger partial charge in [-0.15, -0.1) is 0 Å². The largest absolute Gasteiger partial charge is 0.465 e. The highest BCUT2D eigenvalue weighted by Gasteiger charge is 2.24. The van der Waals surface area contributed by atoms with E-state index in [0.717, 1.165) is 0 Å². The van der Waals surface area contributed by atoms with E-state index >= 15 is 0 Å². The summed E-state index contributed by atoms with van der Waals surface area (Å²) in [5, 5.41) is 10.8. The number of hydrazine groups is 1. The predicted molar refractivity (Wildman–Crippen MR) is 71.9 cm³/mol. The molecular weight excluding hydrogens is 262 g/mol. The van der Waals surface area contributed by atoms with Crippen LogP contribution in [0.4, 0.5) is 4.79 Å². The number of benzene rings is 1. The highest BCUT2D eigenvalue weighted by molar-refractivity contribution is 5.95. The molecule has 0 aliphatic carbocycles. The van der Waals surface area contributed by atoms with Gasteiger partial charge in [-0.05, 0) is 26.0 Å². The van der Waals surface area contributed by atoms with Crippen LogP contribution in [0.3, 0.4) is 0 Å². The standard InChI is InChI=1S/C13H17N3O4/c1-13(2,14-12(19)20)8-10(17)15-16-11(18)9-6-4-3-5-7-9/h3-7,14H,8H2,1-2H3,(H,15,17)(H,16,18)(H,19,20). The van der Waals surface area contributed by atoms with Gasteiger partial charge in [0.15, 0.2) is 0 Å². The van der Waals surface area contributed by atoms with Crippen LogP contribution in [0.2, 0.25) is 0 Å². The van der Waals surface area contributed by atoms with E-state index in [9.17, 15) is 14.4 Å². The monoisotopic (exact) mass is 279 g/mol. The molecule has 1 aromatic carbocycles. The van der Waals surface area contributed by atoms with Crippen LogP contribution >= 0.6 is 0 Å². The quantitative estimate of drug-likeness (QED) is 0.614. The lowest BCUT2D eigenvalue weighted by Crippen LogP contribution is -2.49. The van der Waals surface area contributed by atoms with Gasteiger partial charge < -0.3 is 10.4 Å². The second-order valence-electron chi connectivity index (χ2n) is 4.86. The zero-order valence-electron chi connectivity index (χ0n) is 11.3. The molecule has 7 nitrogen and oxygen atoms in total. The van der Waals surface area contributed by atoms with E-state index in [0.29, 0.717) is 5.56 Å². The first kappa shape index (κ1) is 15.5. The van der Waals surface area contributed by atoms with Gasteiger partial charge in [0.05, 0.1) is 6.42 Å². The highest BCUT2D eigenvalue weighted by atomic mass is 16.4. The summed E-state index contributed by atoms with van der Waals surface area (Å²) in [7, 11) is 0. The van der Waals surface area contributed by atoms with Gasteiger partial charge in [-0.3, -0.25) is 20.4 Å². The molecule has 0 spiro atoms. The van der Waals surface area contributed by atoms with Crippen LogP contribution in [-0.4, -0.2) is 28.6 Å². The minimum atomic E-state index is -1.21. The summed E-state index contributed by atoms with van der Waals surface area (Å²) in [4.78, 5) is 33.8. The summed E-state index contributed by atoms with van der Waals surface area (Å²) in [5.41, 5.74) is 3.99. The maximum atomic E-state index is 11.7. The Hall–Kier alpha value is -2.57. The third kappa shape index (κ3) is 5.38. The average Bonchev–Trinajstić information content (AvgIpc) is 2.34. The first-order valence-corrected chi connectivity index (χ1v) is 5.95. The first-order valence-electron chi connectivity index (χ1n) is 5.95. The molecule has 0 heterocycles. The molecule has 4 N–H and O–H groups in total. The molecule has 0 unspecified atom stereocenters. The summed E-state index contributed by atoms with van der Waals surface area (Å²) in [5.74, 6) is -0.934. The Balaban J connectivity index is 2.44. The lowest BCUT2D eigenvalue weighted by Gasteiger charge is -2.23. The van der Waals surface area contributed by atoms with E-state index in [-0.39, 0.29) is 6.42 Å². The molecule has 20 heavy (non-hydrogen) atoms. The molecule has 0 radical (unpaired) electrons. The zero-order chi connectivity index (χ0) is 15.2. The van der Waals surface area contributed by atoms with Gasteiger partial charge in [0.2, 0.25) is 5.91 Å². The molecule has 1 aromatic rings. The van der Waals surface area contributed by atoms with Gasteiger partial charge in [-0.25, -0.2) is 4.79 Å². The van der Waals surface area contributed by atoms with Crippen LogP contribution in [-0.2, 0) is 4.79 Å². The minimum Gasteiger partial charge on any atom is -0.465 e. The number of amides is 3. The van der Waals surface area contributed by atoms with Crippen LogP contribution < -0.4 is 16.2 Å². The van der Waals surface area contributed by atoms with Gasteiger partial charge in [-0.2, -0.15) is 0 Å². The molecule has 0 aliphatic heterocycles. The molecule has 0 aromatic heterocycles. The van der Waals surface area contributed by atoms with Crippen LogP contribution in [0, 0.1) is 0 Å². The summed E-state index contributed by atoms with van der Waals surface area (Å²) < 4.78 is 0. The number of rotatable bonds is 4. The molecule has 0 bridgehead atoms. The van der Waals surface area contributed by atoms with E-state index in [2.05, 4.69) is 16.2 Å². The summed E-state index contributed by atoms with van der Waals surface area (Å²) in [6, 6.07) is 8.40. The molecule has 3 amide bonds. The number of carbonyl (C=O) groups excluding carboxylic acids is 2. The Kier molecular flexibility index (Phi) is 5.08. The third-order valence-corrected chi connectivity index (χ3v) is 2.40. The van der Waals surface area contributed by atoms with Crippen molar-refractivity contribution in [3.05, 3.63) is 35.9 Å².